The van der Waals surface area contributed by atoms with Crippen LogP contribution >= 0.6 is 0 Å². The van der Waals surface area contributed by atoms with Crippen LogP contribution in [0.2, 0.25) is 0 Å². The van der Waals surface area contributed by atoms with Crippen LogP contribution in [0.5, 0.6) is 0 Å². The second-order valence-corrected chi connectivity index (χ2v) is 9.66. The lowest BCUT2D eigenvalue weighted by Gasteiger charge is -2.40. The van der Waals surface area contributed by atoms with Crippen molar-refractivity contribution in [2.45, 2.75) is 76.4 Å². The zero-order valence-corrected chi connectivity index (χ0v) is 17.4. The van der Waals surface area contributed by atoms with Crippen LogP contribution in [0.15, 0.2) is 24.4 Å². The molecule has 3 unspecified atom stereocenters. The number of piperidine rings is 1. The number of alkyl halides is 3. The number of rotatable bonds is 7. The van der Waals surface area contributed by atoms with Gasteiger partial charge in [-0.1, -0.05) is 13.0 Å². The highest BCUT2D eigenvalue weighted by molar-refractivity contribution is 5.79. The van der Waals surface area contributed by atoms with Crippen LogP contribution in [0, 0.1) is 11.8 Å². The number of aromatic nitrogens is 2. The molecule has 3 fully saturated rings. The predicted molar refractivity (Wildman–Crippen MR) is 109 cm³/mol. The van der Waals surface area contributed by atoms with E-state index in [1.165, 1.54) is 37.8 Å². The second kappa shape index (κ2) is 7.83. The van der Waals surface area contributed by atoms with Gasteiger partial charge >= 0.3 is 6.18 Å². The van der Waals surface area contributed by atoms with Crippen LogP contribution in [0.3, 0.4) is 0 Å². The molecule has 3 aliphatic rings. The minimum Gasteiger partial charge on any atom is -0.378 e. The van der Waals surface area contributed by atoms with Crippen LogP contribution in [0.1, 0.15) is 51.0 Å². The van der Waals surface area contributed by atoms with E-state index in [1.54, 1.807) is 10.9 Å². The first kappa shape index (κ1) is 20.3. The molecule has 0 spiro atoms. The summed E-state index contributed by atoms with van der Waals surface area (Å²) in [6.07, 6.45) is 5.11. The van der Waals surface area contributed by atoms with Gasteiger partial charge in [-0.3, -0.25) is 9.58 Å². The lowest BCUT2D eigenvalue weighted by molar-refractivity contribution is -0.137. The van der Waals surface area contributed by atoms with Crippen molar-refractivity contribution in [2.24, 2.45) is 11.8 Å². The van der Waals surface area contributed by atoms with Crippen LogP contribution in [-0.2, 0) is 17.5 Å². The summed E-state index contributed by atoms with van der Waals surface area (Å²) in [6, 6.07) is 5.04. The van der Waals surface area contributed by atoms with Crippen molar-refractivity contribution < 1.29 is 17.9 Å². The molecule has 2 aliphatic heterocycles. The smallest absolute Gasteiger partial charge is 0.378 e. The Hall–Kier alpha value is -1.60. The minimum absolute atomic E-state index is 0.315. The number of benzene rings is 1. The minimum atomic E-state index is -4.33. The number of fused-ring (bicyclic) bond motifs is 3. The molecule has 2 aromatic rings. The Labute approximate surface area is 175 Å². The molecule has 2 saturated heterocycles. The van der Waals surface area contributed by atoms with Gasteiger partial charge in [-0.15, -0.1) is 0 Å². The number of hydrogen-bond acceptors (Lipinski definition) is 3. The summed E-state index contributed by atoms with van der Waals surface area (Å²) in [5.41, 5.74) is -0.0532. The molecule has 0 N–H and O–H groups in total. The van der Waals surface area contributed by atoms with Gasteiger partial charge in [-0.25, -0.2) is 0 Å². The first-order valence-electron chi connectivity index (χ1n) is 11.3. The van der Waals surface area contributed by atoms with E-state index in [9.17, 15) is 13.2 Å². The van der Waals surface area contributed by atoms with E-state index in [4.69, 9.17) is 4.74 Å². The maximum atomic E-state index is 13.1. The summed E-state index contributed by atoms with van der Waals surface area (Å²) in [4.78, 5) is 2.63. The number of hydrogen-bond donors (Lipinski definition) is 0. The molecule has 1 aromatic carbocycles. The Morgan fingerprint density at radius 1 is 1.10 bits per heavy atom. The van der Waals surface area contributed by atoms with Crippen LogP contribution in [-0.4, -0.2) is 46.0 Å². The summed E-state index contributed by atoms with van der Waals surface area (Å²) >= 11 is 0. The third kappa shape index (κ3) is 4.24. The van der Waals surface area contributed by atoms with E-state index in [0.29, 0.717) is 36.2 Å². The normalized spacial score (nSPS) is 28.3. The standard InChI is InChI=1S/C23H30F3N3O/c1-15(13-29-22-8-18(23(24,25)26)5-4-17(22)11-27-29)12-28-19-6-7-20(28)10-21(9-19)30-14-16-2-3-16/h4-5,8,11,15-16,19-21H,2-3,6-7,9-10,12-14H2,1H3. The second-order valence-electron chi connectivity index (χ2n) is 9.66. The van der Waals surface area contributed by atoms with Crippen LogP contribution in [0.25, 0.3) is 10.9 Å². The molecule has 7 heteroatoms. The molecule has 1 saturated carbocycles. The van der Waals surface area contributed by atoms with Gasteiger partial charge in [0, 0.05) is 37.2 Å². The van der Waals surface area contributed by atoms with Gasteiger partial charge in [0.2, 0.25) is 0 Å². The summed E-state index contributed by atoms with van der Waals surface area (Å²) in [6.45, 7) is 4.70. The summed E-state index contributed by atoms with van der Waals surface area (Å²) in [5, 5.41) is 5.13. The Balaban J connectivity index is 1.22. The molecule has 1 aromatic heterocycles. The SMILES string of the molecule is CC(CN1C2CCC1CC(OCC1CC1)C2)Cn1ncc2ccc(C(F)(F)F)cc21. The Bertz CT molecular complexity index is 877. The monoisotopic (exact) mass is 421 g/mol. The van der Waals surface area contributed by atoms with Crippen LogP contribution < -0.4 is 0 Å². The van der Waals surface area contributed by atoms with E-state index in [2.05, 4.69) is 16.9 Å². The summed E-state index contributed by atoms with van der Waals surface area (Å²) < 4.78 is 47.2. The van der Waals surface area contributed by atoms with E-state index in [0.717, 1.165) is 43.4 Å². The van der Waals surface area contributed by atoms with Crippen molar-refractivity contribution in [1.82, 2.24) is 14.7 Å². The molecule has 30 heavy (non-hydrogen) atoms. The lowest BCUT2D eigenvalue weighted by atomic mass is 9.98. The fraction of sp³-hybridized carbons (Fsp3) is 0.696. The van der Waals surface area contributed by atoms with E-state index in [-0.39, 0.29) is 0 Å². The fourth-order valence-electron chi connectivity index (χ4n) is 5.32. The molecule has 5 rings (SSSR count). The fourth-order valence-corrected chi connectivity index (χ4v) is 5.32. The summed E-state index contributed by atoms with van der Waals surface area (Å²) in [7, 11) is 0. The van der Waals surface area contributed by atoms with Gasteiger partial charge in [0.05, 0.1) is 23.4 Å². The molecule has 0 radical (unpaired) electrons. The van der Waals surface area contributed by atoms with E-state index >= 15 is 0 Å². The van der Waals surface area contributed by atoms with Gasteiger partial charge < -0.3 is 4.74 Å². The number of halogens is 3. The van der Waals surface area contributed by atoms with Crippen molar-refractivity contribution in [2.75, 3.05) is 13.2 Å². The van der Waals surface area contributed by atoms with E-state index in [1.807, 2.05) is 0 Å². The average molecular weight is 422 g/mol. The largest absolute Gasteiger partial charge is 0.416 e. The topological polar surface area (TPSA) is 30.3 Å². The zero-order valence-electron chi connectivity index (χ0n) is 17.4. The van der Waals surface area contributed by atoms with Crippen molar-refractivity contribution in [3.05, 3.63) is 30.0 Å². The zero-order chi connectivity index (χ0) is 20.9. The third-order valence-electron chi connectivity index (χ3n) is 7.08. The molecule has 1 aliphatic carbocycles. The highest BCUT2D eigenvalue weighted by Gasteiger charge is 2.41. The van der Waals surface area contributed by atoms with Crippen molar-refractivity contribution in [1.29, 1.82) is 0 Å². The Kier molecular flexibility index (Phi) is 5.30. The first-order valence-corrected chi connectivity index (χ1v) is 11.3. The average Bonchev–Trinajstić information content (AvgIpc) is 3.41. The first-order chi connectivity index (χ1) is 14.4. The van der Waals surface area contributed by atoms with Gasteiger partial charge in [0.15, 0.2) is 0 Å². The maximum Gasteiger partial charge on any atom is 0.416 e. The molecular formula is C23H30F3N3O. The molecule has 4 nitrogen and oxygen atoms in total. The maximum absolute atomic E-state index is 13.1. The van der Waals surface area contributed by atoms with Gasteiger partial charge in [-0.2, -0.15) is 18.3 Å². The Morgan fingerprint density at radius 3 is 2.50 bits per heavy atom. The molecule has 2 bridgehead atoms. The number of nitrogens with zero attached hydrogens (tertiary/aromatic N) is 3. The molecule has 3 heterocycles. The number of ether oxygens (including phenoxy) is 1. The third-order valence-corrected chi connectivity index (χ3v) is 7.08. The highest BCUT2D eigenvalue weighted by atomic mass is 19.4. The van der Waals surface area contributed by atoms with Gasteiger partial charge in [0.1, 0.15) is 0 Å². The van der Waals surface area contributed by atoms with Crippen molar-refractivity contribution >= 4 is 10.9 Å². The molecule has 3 atom stereocenters. The predicted octanol–water partition coefficient (Wildman–Crippen LogP) is 5.11. The van der Waals surface area contributed by atoms with Crippen LogP contribution in [0.4, 0.5) is 13.2 Å². The Morgan fingerprint density at radius 2 is 1.83 bits per heavy atom. The van der Waals surface area contributed by atoms with Gasteiger partial charge in [0.25, 0.3) is 0 Å². The molecule has 164 valence electrons. The van der Waals surface area contributed by atoms with E-state index < -0.39 is 11.7 Å². The molecular weight excluding hydrogens is 391 g/mol. The van der Waals surface area contributed by atoms with Gasteiger partial charge in [-0.05, 0) is 62.5 Å². The van der Waals surface area contributed by atoms with Crippen molar-refractivity contribution in [3.63, 3.8) is 0 Å². The summed E-state index contributed by atoms with van der Waals surface area (Å²) in [5.74, 6) is 1.12. The quantitative estimate of drug-likeness (QED) is 0.622. The van der Waals surface area contributed by atoms with Crippen molar-refractivity contribution in [3.8, 4) is 0 Å². The lowest BCUT2D eigenvalue weighted by Crippen LogP contribution is -2.47. The highest BCUT2D eigenvalue weighted by Crippen LogP contribution is 2.39. The molecule has 0 amide bonds.